The summed E-state index contributed by atoms with van der Waals surface area (Å²) in [6.07, 6.45) is 7.21. The molecule has 0 amide bonds. The smallest absolute Gasteiger partial charge is 0.141 e. The lowest BCUT2D eigenvalue weighted by Gasteiger charge is -2.28. The van der Waals surface area contributed by atoms with Gasteiger partial charge in [0.15, 0.2) is 0 Å². The number of halogens is 1. The number of aliphatic imine (C=N–C) groups is 1. The van der Waals surface area contributed by atoms with Gasteiger partial charge in [0.2, 0.25) is 0 Å². The summed E-state index contributed by atoms with van der Waals surface area (Å²) in [5, 5.41) is 6.75. The molecular formula is C20H25ClN4S. The molecule has 1 aliphatic carbocycles. The lowest BCUT2D eigenvalue weighted by molar-refractivity contribution is 0.356. The lowest BCUT2D eigenvalue weighted by atomic mass is 9.81. The normalized spacial score (nSPS) is 20.9. The highest BCUT2D eigenvalue weighted by molar-refractivity contribution is 7.12. The highest BCUT2D eigenvalue weighted by atomic mass is 35.5. The summed E-state index contributed by atoms with van der Waals surface area (Å²) >= 11 is 1.62. The standard InChI is InChI=1S/C20H24N4S.ClH/c1-22-14-5-2-4-13(10-14)17-12-23-18-8-7-15(11-16(17)18)24-20(21)19-6-3-9-25-19;/h3,6-9,11-14,22-23H,2,4-5,10H2,1H3,(H2,21,24);1H. The number of aromatic amines is 1. The molecule has 26 heavy (non-hydrogen) atoms. The number of nitrogens with two attached hydrogens (primary N) is 1. The molecule has 4 nitrogen and oxygen atoms in total. The maximum atomic E-state index is 6.15. The Hall–Kier alpha value is -1.82. The summed E-state index contributed by atoms with van der Waals surface area (Å²) in [7, 11) is 2.07. The van der Waals surface area contributed by atoms with Crippen molar-refractivity contribution in [1.29, 1.82) is 0 Å². The van der Waals surface area contributed by atoms with Crippen molar-refractivity contribution in [2.45, 2.75) is 37.6 Å². The summed E-state index contributed by atoms with van der Waals surface area (Å²) in [5.41, 5.74) is 9.66. The number of nitrogens with one attached hydrogen (secondary N) is 2. The van der Waals surface area contributed by atoms with E-state index in [1.165, 1.54) is 42.1 Å². The van der Waals surface area contributed by atoms with E-state index in [0.717, 1.165) is 10.6 Å². The highest BCUT2D eigenvalue weighted by Gasteiger charge is 2.24. The Morgan fingerprint density at radius 3 is 2.96 bits per heavy atom. The molecule has 1 aliphatic rings. The first-order valence-corrected chi connectivity index (χ1v) is 9.79. The zero-order valence-electron chi connectivity index (χ0n) is 14.9. The van der Waals surface area contributed by atoms with Crippen molar-refractivity contribution in [3.8, 4) is 0 Å². The zero-order valence-corrected chi connectivity index (χ0v) is 16.5. The van der Waals surface area contributed by atoms with Crippen LogP contribution in [0, 0.1) is 0 Å². The van der Waals surface area contributed by atoms with Gasteiger partial charge in [0.25, 0.3) is 0 Å². The largest absolute Gasteiger partial charge is 0.383 e. The van der Waals surface area contributed by atoms with Crippen molar-refractivity contribution in [3.05, 3.63) is 52.3 Å². The number of amidine groups is 1. The second-order valence-corrected chi connectivity index (χ2v) is 7.75. The maximum absolute atomic E-state index is 6.15. The van der Waals surface area contributed by atoms with Gasteiger partial charge >= 0.3 is 0 Å². The SMILES string of the molecule is CNC1CCCC(c2c[nH]c3ccc(N=C(N)c4cccs4)cc23)C1.Cl. The molecule has 4 rings (SSSR count). The number of thiophene rings is 1. The summed E-state index contributed by atoms with van der Waals surface area (Å²) < 4.78 is 0. The summed E-state index contributed by atoms with van der Waals surface area (Å²) in [5.74, 6) is 1.19. The molecule has 0 saturated heterocycles. The molecule has 2 unspecified atom stereocenters. The fourth-order valence-corrected chi connectivity index (χ4v) is 4.52. The molecule has 4 N–H and O–H groups in total. The molecule has 1 saturated carbocycles. The first-order chi connectivity index (χ1) is 12.2. The molecule has 6 heteroatoms. The van der Waals surface area contributed by atoms with E-state index < -0.39 is 0 Å². The van der Waals surface area contributed by atoms with Crippen LogP contribution in [-0.4, -0.2) is 23.9 Å². The number of aromatic nitrogens is 1. The van der Waals surface area contributed by atoms with Gasteiger partial charge in [-0.3, -0.25) is 0 Å². The molecule has 3 aromatic rings. The zero-order chi connectivity index (χ0) is 17.2. The quantitative estimate of drug-likeness (QED) is 0.438. The second kappa shape index (κ2) is 8.25. The van der Waals surface area contributed by atoms with E-state index in [1.807, 2.05) is 23.6 Å². The summed E-state index contributed by atoms with van der Waals surface area (Å²) in [6.45, 7) is 0. The minimum absolute atomic E-state index is 0. The Morgan fingerprint density at radius 1 is 1.31 bits per heavy atom. The van der Waals surface area contributed by atoms with Crippen LogP contribution >= 0.6 is 23.7 Å². The van der Waals surface area contributed by atoms with Crippen LogP contribution in [0.15, 0.2) is 46.9 Å². The van der Waals surface area contributed by atoms with Crippen molar-refractivity contribution >= 4 is 46.2 Å². The summed E-state index contributed by atoms with van der Waals surface area (Å²) in [4.78, 5) is 9.07. The molecule has 1 aromatic carbocycles. The van der Waals surface area contributed by atoms with E-state index in [-0.39, 0.29) is 12.4 Å². The van der Waals surface area contributed by atoms with Gasteiger partial charge in [-0.05, 0) is 67.4 Å². The van der Waals surface area contributed by atoms with Crippen LogP contribution in [-0.2, 0) is 0 Å². The number of H-pyrrole nitrogens is 1. The third kappa shape index (κ3) is 3.80. The van der Waals surface area contributed by atoms with Gasteiger partial charge in [0, 0.05) is 23.1 Å². The number of hydrogen-bond donors (Lipinski definition) is 3. The number of hydrogen-bond acceptors (Lipinski definition) is 3. The average molecular weight is 389 g/mol. The van der Waals surface area contributed by atoms with Crippen LogP contribution in [0.1, 0.15) is 42.0 Å². The van der Waals surface area contributed by atoms with Crippen molar-refractivity contribution in [1.82, 2.24) is 10.3 Å². The number of nitrogens with zero attached hydrogens (tertiary/aromatic N) is 1. The highest BCUT2D eigenvalue weighted by Crippen LogP contribution is 2.37. The predicted octanol–water partition coefficient (Wildman–Crippen LogP) is 4.93. The molecule has 0 aliphatic heterocycles. The number of fused-ring (bicyclic) bond motifs is 1. The Kier molecular flexibility index (Phi) is 6.01. The van der Waals surface area contributed by atoms with Crippen molar-refractivity contribution in [2.24, 2.45) is 10.7 Å². The van der Waals surface area contributed by atoms with Gasteiger partial charge in [-0.2, -0.15) is 0 Å². The molecule has 0 bridgehead atoms. The fraction of sp³-hybridized carbons (Fsp3) is 0.350. The maximum Gasteiger partial charge on any atom is 0.141 e. The Labute approximate surface area is 164 Å². The van der Waals surface area contributed by atoms with Gasteiger partial charge in [-0.25, -0.2) is 4.99 Å². The molecule has 0 radical (unpaired) electrons. The van der Waals surface area contributed by atoms with Gasteiger partial charge < -0.3 is 16.0 Å². The predicted molar refractivity (Wildman–Crippen MR) is 114 cm³/mol. The van der Waals surface area contributed by atoms with E-state index in [4.69, 9.17) is 5.73 Å². The average Bonchev–Trinajstić information content (AvgIpc) is 3.31. The third-order valence-electron chi connectivity index (χ3n) is 5.24. The minimum atomic E-state index is 0. The van der Waals surface area contributed by atoms with E-state index >= 15 is 0 Å². The van der Waals surface area contributed by atoms with Crippen LogP contribution in [0.2, 0.25) is 0 Å². The van der Waals surface area contributed by atoms with Crippen LogP contribution in [0.3, 0.4) is 0 Å². The fourth-order valence-electron chi connectivity index (χ4n) is 3.89. The van der Waals surface area contributed by atoms with Gasteiger partial charge in [0.1, 0.15) is 5.84 Å². The van der Waals surface area contributed by atoms with Gasteiger partial charge in [0.05, 0.1) is 10.6 Å². The third-order valence-corrected chi connectivity index (χ3v) is 6.14. The number of benzene rings is 1. The van der Waals surface area contributed by atoms with Crippen LogP contribution in [0.25, 0.3) is 10.9 Å². The molecular weight excluding hydrogens is 364 g/mol. The molecule has 138 valence electrons. The molecule has 2 aromatic heterocycles. The van der Waals surface area contributed by atoms with Crippen molar-refractivity contribution in [2.75, 3.05) is 7.05 Å². The topological polar surface area (TPSA) is 66.2 Å². The van der Waals surface area contributed by atoms with Gasteiger partial charge in [-0.1, -0.05) is 12.5 Å². The number of rotatable bonds is 4. The van der Waals surface area contributed by atoms with Crippen LogP contribution < -0.4 is 11.1 Å². The molecule has 0 spiro atoms. The Bertz CT molecular complexity index is 884. The lowest BCUT2D eigenvalue weighted by Crippen LogP contribution is -2.30. The van der Waals surface area contributed by atoms with Crippen LogP contribution in [0.5, 0.6) is 0 Å². The second-order valence-electron chi connectivity index (χ2n) is 6.80. The molecule has 2 atom stereocenters. The van der Waals surface area contributed by atoms with E-state index in [1.54, 1.807) is 11.3 Å². The molecule has 2 heterocycles. The first-order valence-electron chi connectivity index (χ1n) is 8.91. The van der Waals surface area contributed by atoms with Crippen LogP contribution in [0.4, 0.5) is 5.69 Å². The van der Waals surface area contributed by atoms with Crippen molar-refractivity contribution < 1.29 is 0 Å². The van der Waals surface area contributed by atoms with E-state index in [0.29, 0.717) is 17.8 Å². The Balaban J connectivity index is 0.00000196. The van der Waals surface area contributed by atoms with Crippen molar-refractivity contribution in [3.63, 3.8) is 0 Å². The summed E-state index contributed by atoms with van der Waals surface area (Å²) in [6, 6.07) is 10.9. The minimum Gasteiger partial charge on any atom is -0.383 e. The Morgan fingerprint density at radius 2 is 2.19 bits per heavy atom. The monoisotopic (exact) mass is 388 g/mol. The van der Waals surface area contributed by atoms with E-state index in [9.17, 15) is 0 Å². The van der Waals surface area contributed by atoms with E-state index in [2.05, 4.69) is 40.7 Å². The first kappa shape index (κ1) is 19.0. The van der Waals surface area contributed by atoms with Gasteiger partial charge in [-0.15, -0.1) is 23.7 Å². The molecule has 1 fully saturated rings.